The van der Waals surface area contributed by atoms with E-state index in [2.05, 4.69) is 24.8 Å². The van der Waals surface area contributed by atoms with Gasteiger partial charge in [-0.05, 0) is 45.0 Å². The van der Waals surface area contributed by atoms with Crippen molar-refractivity contribution < 1.29 is 14.6 Å². The highest BCUT2D eigenvalue weighted by Crippen LogP contribution is 2.37. The molecule has 0 aliphatic carbocycles. The van der Waals surface area contributed by atoms with Gasteiger partial charge in [-0.2, -0.15) is 0 Å². The molecule has 1 N–H and O–H groups in total. The van der Waals surface area contributed by atoms with Crippen LogP contribution < -0.4 is 9.47 Å². The van der Waals surface area contributed by atoms with Crippen LogP contribution in [0, 0.1) is 0 Å². The molecule has 1 heterocycles. The predicted octanol–water partition coefficient (Wildman–Crippen LogP) is 2.35. The van der Waals surface area contributed by atoms with Crippen molar-refractivity contribution in [2.75, 3.05) is 20.4 Å². The van der Waals surface area contributed by atoms with E-state index < -0.39 is 0 Å². The third-order valence-electron chi connectivity index (χ3n) is 3.99. The Morgan fingerprint density at radius 1 is 1.32 bits per heavy atom. The lowest BCUT2D eigenvalue weighted by Crippen LogP contribution is -2.42. The molecule has 1 atom stereocenters. The first-order valence-corrected chi connectivity index (χ1v) is 6.74. The summed E-state index contributed by atoms with van der Waals surface area (Å²) < 4.78 is 10.8. The maximum Gasteiger partial charge on any atom is 0.231 e. The fourth-order valence-corrected chi connectivity index (χ4v) is 2.17. The standard InChI is InChI=1S/C15H23NO3/c1-5-12(17)9-16(4)15(2,3)11-6-7-13-14(8-11)19-10-18-13/h6-8,12,17H,5,9-10H2,1-4H3/t12-/m1/s1. The zero-order chi connectivity index (χ0) is 14.0. The molecular formula is C15H23NO3. The maximum atomic E-state index is 9.81. The van der Waals surface area contributed by atoms with Crippen molar-refractivity contribution in [2.45, 2.75) is 38.8 Å². The van der Waals surface area contributed by atoms with Gasteiger partial charge in [0.05, 0.1) is 6.10 Å². The van der Waals surface area contributed by atoms with Crippen LogP contribution in [0.3, 0.4) is 0 Å². The lowest BCUT2D eigenvalue weighted by molar-refractivity contribution is 0.0676. The van der Waals surface area contributed by atoms with E-state index in [9.17, 15) is 5.11 Å². The quantitative estimate of drug-likeness (QED) is 0.887. The van der Waals surface area contributed by atoms with E-state index in [-0.39, 0.29) is 11.6 Å². The summed E-state index contributed by atoms with van der Waals surface area (Å²) in [5.41, 5.74) is 0.986. The zero-order valence-electron chi connectivity index (χ0n) is 12.1. The van der Waals surface area contributed by atoms with Gasteiger partial charge in [0, 0.05) is 12.1 Å². The van der Waals surface area contributed by atoms with Crippen LogP contribution in [0.2, 0.25) is 0 Å². The smallest absolute Gasteiger partial charge is 0.231 e. The lowest BCUT2D eigenvalue weighted by atomic mass is 9.92. The molecule has 2 rings (SSSR count). The van der Waals surface area contributed by atoms with E-state index in [1.165, 1.54) is 0 Å². The second kappa shape index (κ2) is 5.39. The summed E-state index contributed by atoms with van der Waals surface area (Å²) >= 11 is 0. The number of hydrogen-bond acceptors (Lipinski definition) is 4. The van der Waals surface area contributed by atoms with Crippen LogP contribution in [0.1, 0.15) is 32.8 Å². The third-order valence-corrected chi connectivity index (χ3v) is 3.99. The number of benzene rings is 1. The highest BCUT2D eigenvalue weighted by Gasteiger charge is 2.28. The third kappa shape index (κ3) is 2.85. The Morgan fingerprint density at radius 3 is 2.68 bits per heavy atom. The Bertz CT molecular complexity index is 445. The summed E-state index contributed by atoms with van der Waals surface area (Å²) in [6, 6.07) is 6.03. The van der Waals surface area contributed by atoms with Crippen molar-refractivity contribution in [3.05, 3.63) is 23.8 Å². The molecule has 0 aromatic heterocycles. The van der Waals surface area contributed by atoms with Crippen molar-refractivity contribution in [1.82, 2.24) is 4.90 Å². The minimum Gasteiger partial charge on any atom is -0.454 e. The van der Waals surface area contributed by atoms with Crippen molar-refractivity contribution >= 4 is 0 Å². The van der Waals surface area contributed by atoms with Gasteiger partial charge in [-0.25, -0.2) is 0 Å². The second-order valence-electron chi connectivity index (χ2n) is 5.57. The number of ether oxygens (including phenoxy) is 2. The molecular weight excluding hydrogens is 242 g/mol. The first-order valence-electron chi connectivity index (χ1n) is 6.74. The fraction of sp³-hybridized carbons (Fsp3) is 0.600. The molecule has 0 spiro atoms. The molecule has 0 saturated heterocycles. The molecule has 0 radical (unpaired) electrons. The summed E-state index contributed by atoms with van der Waals surface area (Å²) in [7, 11) is 2.03. The number of aliphatic hydroxyl groups excluding tert-OH is 1. The number of likely N-dealkylation sites (N-methyl/N-ethyl adjacent to an activating group) is 1. The Kier molecular flexibility index (Phi) is 4.02. The molecule has 0 saturated carbocycles. The number of nitrogens with zero attached hydrogens (tertiary/aromatic N) is 1. The maximum absolute atomic E-state index is 9.81. The molecule has 4 heteroatoms. The number of fused-ring (bicyclic) bond motifs is 1. The highest BCUT2D eigenvalue weighted by atomic mass is 16.7. The summed E-state index contributed by atoms with van der Waals surface area (Å²) in [4.78, 5) is 2.17. The first-order chi connectivity index (χ1) is 8.95. The monoisotopic (exact) mass is 265 g/mol. The molecule has 0 amide bonds. The van der Waals surface area contributed by atoms with Gasteiger partial charge in [-0.1, -0.05) is 13.0 Å². The van der Waals surface area contributed by atoms with E-state index >= 15 is 0 Å². The average Bonchev–Trinajstić information content (AvgIpc) is 2.85. The largest absolute Gasteiger partial charge is 0.454 e. The van der Waals surface area contributed by atoms with Gasteiger partial charge in [0.25, 0.3) is 0 Å². The zero-order valence-corrected chi connectivity index (χ0v) is 12.1. The molecule has 19 heavy (non-hydrogen) atoms. The van der Waals surface area contributed by atoms with E-state index in [1.807, 2.05) is 26.1 Å². The molecule has 106 valence electrons. The Hall–Kier alpha value is -1.26. The number of rotatable bonds is 5. The molecule has 1 aromatic carbocycles. The van der Waals surface area contributed by atoms with Gasteiger partial charge in [0.15, 0.2) is 11.5 Å². The van der Waals surface area contributed by atoms with Crippen LogP contribution >= 0.6 is 0 Å². The number of hydrogen-bond donors (Lipinski definition) is 1. The topological polar surface area (TPSA) is 41.9 Å². The van der Waals surface area contributed by atoms with Crippen LogP contribution in [0.15, 0.2) is 18.2 Å². The Balaban J connectivity index is 2.18. The molecule has 4 nitrogen and oxygen atoms in total. The van der Waals surface area contributed by atoms with Gasteiger partial charge in [0.1, 0.15) is 0 Å². The minimum absolute atomic E-state index is 0.170. The van der Waals surface area contributed by atoms with Gasteiger partial charge in [0.2, 0.25) is 6.79 Å². The van der Waals surface area contributed by atoms with Gasteiger partial charge in [-0.3, -0.25) is 4.90 Å². The SMILES string of the molecule is CC[C@@H](O)CN(C)C(C)(C)c1ccc2c(c1)OCO2. The molecule has 0 unspecified atom stereocenters. The highest BCUT2D eigenvalue weighted by molar-refractivity contribution is 5.46. The Labute approximate surface area is 114 Å². The van der Waals surface area contributed by atoms with Crippen molar-refractivity contribution in [3.8, 4) is 11.5 Å². The first kappa shape index (κ1) is 14.2. The Morgan fingerprint density at radius 2 is 2.00 bits per heavy atom. The van der Waals surface area contributed by atoms with E-state index in [1.54, 1.807) is 0 Å². The van der Waals surface area contributed by atoms with Crippen LogP contribution in [0.5, 0.6) is 11.5 Å². The second-order valence-corrected chi connectivity index (χ2v) is 5.57. The van der Waals surface area contributed by atoms with E-state index in [0.717, 1.165) is 23.5 Å². The summed E-state index contributed by atoms with van der Waals surface area (Å²) in [5.74, 6) is 1.60. The van der Waals surface area contributed by atoms with Crippen molar-refractivity contribution in [2.24, 2.45) is 0 Å². The fourth-order valence-electron chi connectivity index (χ4n) is 2.17. The van der Waals surface area contributed by atoms with E-state index in [0.29, 0.717) is 13.3 Å². The lowest BCUT2D eigenvalue weighted by Gasteiger charge is -2.37. The van der Waals surface area contributed by atoms with Gasteiger partial charge in [-0.15, -0.1) is 0 Å². The molecule has 1 aromatic rings. The van der Waals surface area contributed by atoms with Crippen LogP contribution in [-0.2, 0) is 5.54 Å². The van der Waals surface area contributed by atoms with Crippen LogP contribution in [-0.4, -0.2) is 36.5 Å². The van der Waals surface area contributed by atoms with Gasteiger partial charge < -0.3 is 14.6 Å². The van der Waals surface area contributed by atoms with Crippen LogP contribution in [0.4, 0.5) is 0 Å². The van der Waals surface area contributed by atoms with Gasteiger partial charge >= 0.3 is 0 Å². The van der Waals surface area contributed by atoms with Crippen LogP contribution in [0.25, 0.3) is 0 Å². The predicted molar refractivity (Wildman–Crippen MR) is 74.5 cm³/mol. The summed E-state index contributed by atoms with van der Waals surface area (Å²) in [6.45, 7) is 7.23. The average molecular weight is 265 g/mol. The molecule has 0 fully saturated rings. The summed E-state index contributed by atoms with van der Waals surface area (Å²) in [5, 5.41) is 9.81. The summed E-state index contributed by atoms with van der Waals surface area (Å²) in [6.07, 6.45) is 0.472. The molecule has 0 bridgehead atoms. The minimum atomic E-state index is -0.293. The normalized spacial score (nSPS) is 15.9. The number of aliphatic hydroxyl groups is 1. The van der Waals surface area contributed by atoms with Crippen molar-refractivity contribution in [1.29, 1.82) is 0 Å². The van der Waals surface area contributed by atoms with Crippen molar-refractivity contribution in [3.63, 3.8) is 0 Å². The molecule has 1 aliphatic rings. The van der Waals surface area contributed by atoms with E-state index in [4.69, 9.17) is 9.47 Å². The molecule has 1 aliphatic heterocycles.